The number of hydrogen-bond acceptors (Lipinski definition) is 2. The fourth-order valence-electron chi connectivity index (χ4n) is 8.42. The van der Waals surface area contributed by atoms with Gasteiger partial charge in [-0.2, -0.15) is 0 Å². The van der Waals surface area contributed by atoms with Crippen LogP contribution in [0.1, 0.15) is 97.3 Å². The lowest BCUT2D eigenvalue weighted by Crippen LogP contribution is -2.50. The van der Waals surface area contributed by atoms with Crippen LogP contribution in [0.4, 0.5) is 0 Å². The van der Waals surface area contributed by atoms with E-state index < -0.39 is 0 Å². The SMILES string of the molecule is CC12CCC(O)CC1=CCC1C2CCC2(C)C1CC[C@@H]2CC(O)CCC1CC1. The topological polar surface area (TPSA) is 40.5 Å². The zero-order valence-corrected chi connectivity index (χ0v) is 18.2. The highest BCUT2D eigenvalue weighted by Crippen LogP contribution is 2.66. The standard InChI is InChI=1S/C26H42O2/c1-25-13-11-21(28)16-18(25)6-9-22-23-10-7-19(26(23,2)14-12-24(22)25)15-20(27)8-5-17-3-4-17/h6,17,19-24,27-28H,3-5,7-16H2,1-2H3/t19-,20?,21?,22?,23?,24?,25?,26?/m1/s1. The van der Waals surface area contributed by atoms with Crippen molar-refractivity contribution in [3.63, 3.8) is 0 Å². The summed E-state index contributed by atoms with van der Waals surface area (Å²) in [5.41, 5.74) is 2.39. The normalized spacial score (nSPS) is 49.0. The highest BCUT2D eigenvalue weighted by Gasteiger charge is 2.58. The third kappa shape index (κ3) is 3.22. The molecule has 8 atom stereocenters. The molecule has 158 valence electrons. The van der Waals surface area contributed by atoms with Crippen LogP contribution in [0.2, 0.25) is 0 Å². The van der Waals surface area contributed by atoms with E-state index in [4.69, 9.17) is 0 Å². The van der Waals surface area contributed by atoms with Crippen LogP contribution in [0, 0.1) is 40.4 Å². The molecular weight excluding hydrogens is 344 g/mol. The number of allylic oxidation sites excluding steroid dienone is 1. The van der Waals surface area contributed by atoms with E-state index in [1.165, 1.54) is 57.8 Å². The molecular formula is C26H42O2. The molecule has 0 aromatic carbocycles. The van der Waals surface area contributed by atoms with Crippen molar-refractivity contribution < 1.29 is 10.2 Å². The molecule has 28 heavy (non-hydrogen) atoms. The summed E-state index contributed by atoms with van der Waals surface area (Å²) in [4.78, 5) is 0. The van der Waals surface area contributed by atoms with Gasteiger partial charge in [-0.3, -0.25) is 0 Å². The molecule has 4 saturated carbocycles. The molecule has 0 radical (unpaired) electrons. The minimum absolute atomic E-state index is 0.0610. The van der Waals surface area contributed by atoms with Crippen LogP contribution in [-0.2, 0) is 0 Å². The van der Waals surface area contributed by atoms with Crippen molar-refractivity contribution in [2.75, 3.05) is 0 Å². The van der Waals surface area contributed by atoms with Crippen molar-refractivity contribution in [2.45, 2.75) is 110 Å². The monoisotopic (exact) mass is 386 g/mol. The minimum Gasteiger partial charge on any atom is -0.393 e. The molecule has 2 nitrogen and oxygen atoms in total. The molecule has 4 fully saturated rings. The van der Waals surface area contributed by atoms with Gasteiger partial charge in [-0.15, -0.1) is 0 Å². The number of aliphatic hydroxyl groups excluding tert-OH is 2. The second kappa shape index (κ2) is 7.12. The third-order valence-electron chi connectivity index (χ3n) is 10.4. The van der Waals surface area contributed by atoms with Gasteiger partial charge in [0.25, 0.3) is 0 Å². The maximum atomic E-state index is 10.7. The summed E-state index contributed by atoms with van der Waals surface area (Å²) in [6.07, 6.45) is 18.4. The fraction of sp³-hybridized carbons (Fsp3) is 0.923. The van der Waals surface area contributed by atoms with Crippen molar-refractivity contribution in [1.82, 2.24) is 0 Å². The summed E-state index contributed by atoms with van der Waals surface area (Å²) in [5, 5.41) is 20.9. The molecule has 0 aromatic rings. The second-order valence-electron chi connectivity index (χ2n) is 11.9. The van der Waals surface area contributed by atoms with E-state index in [1.807, 2.05) is 0 Å². The minimum atomic E-state index is -0.0993. The number of aliphatic hydroxyl groups is 2. The van der Waals surface area contributed by atoms with Gasteiger partial charge in [0.05, 0.1) is 12.2 Å². The highest BCUT2D eigenvalue weighted by molar-refractivity contribution is 5.25. The molecule has 0 spiro atoms. The van der Waals surface area contributed by atoms with E-state index in [1.54, 1.807) is 5.57 Å². The Morgan fingerprint density at radius 2 is 1.86 bits per heavy atom. The van der Waals surface area contributed by atoms with Gasteiger partial charge in [0.15, 0.2) is 0 Å². The molecule has 0 saturated heterocycles. The molecule has 0 heterocycles. The average molecular weight is 387 g/mol. The molecule has 0 aliphatic heterocycles. The van der Waals surface area contributed by atoms with Crippen LogP contribution in [0.3, 0.4) is 0 Å². The van der Waals surface area contributed by atoms with E-state index in [0.29, 0.717) is 10.8 Å². The number of rotatable bonds is 5. The maximum absolute atomic E-state index is 10.7. The quantitative estimate of drug-likeness (QED) is 0.580. The lowest BCUT2D eigenvalue weighted by Gasteiger charge is -2.58. The number of fused-ring (bicyclic) bond motifs is 5. The van der Waals surface area contributed by atoms with Crippen LogP contribution < -0.4 is 0 Å². The second-order valence-corrected chi connectivity index (χ2v) is 11.9. The Labute approximate surface area is 172 Å². The van der Waals surface area contributed by atoms with Gasteiger partial charge in [0.1, 0.15) is 0 Å². The van der Waals surface area contributed by atoms with Gasteiger partial charge in [0.2, 0.25) is 0 Å². The van der Waals surface area contributed by atoms with Crippen LogP contribution in [-0.4, -0.2) is 22.4 Å². The molecule has 0 bridgehead atoms. The van der Waals surface area contributed by atoms with Crippen molar-refractivity contribution in [3.05, 3.63) is 11.6 Å². The smallest absolute Gasteiger partial charge is 0.0577 e. The Morgan fingerprint density at radius 3 is 2.64 bits per heavy atom. The molecule has 2 heteroatoms. The zero-order valence-electron chi connectivity index (χ0n) is 18.2. The lowest BCUT2D eigenvalue weighted by atomic mass is 9.47. The average Bonchev–Trinajstić information content (AvgIpc) is 3.44. The Bertz CT molecular complexity index is 622. The van der Waals surface area contributed by atoms with Gasteiger partial charge in [0, 0.05) is 0 Å². The van der Waals surface area contributed by atoms with Gasteiger partial charge >= 0.3 is 0 Å². The number of hydrogen-bond donors (Lipinski definition) is 2. The molecule has 5 rings (SSSR count). The summed E-state index contributed by atoms with van der Waals surface area (Å²) in [6, 6.07) is 0. The van der Waals surface area contributed by atoms with E-state index in [-0.39, 0.29) is 12.2 Å². The molecule has 5 aliphatic carbocycles. The predicted octanol–water partition coefficient (Wildman–Crippen LogP) is 5.87. The summed E-state index contributed by atoms with van der Waals surface area (Å²) in [6.45, 7) is 5.11. The van der Waals surface area contributed by atoms with Crippen molar-refractivity contribution in [2.24, 2.45) is 40.4 Å². The Kier molecular flexibility index (Phi) is 4.99. The van der Waals surface area contributed by atoms with Crippen molar-refractivity contribution in [1.29, 1.82) is 0 Å². The van der Waals surface area contributed by atoms with Gasteiger partial charge in [-0.1, -0.05) is 38.3 Å². The first-order chi connectivity index (χ1) is 13.4. The summed E-state index contributed by atoms with van der Waals surface area (Å²) < 4.78 is 0. The van der Waals surface area contributed by atoms with E-state index >= 15 is 0 Å². The molecule has 5 aliphatic rings. The van der Waals surface area contributed by atoms with Crippen LogP contribution >= 0.6 is 0 Å². The summed E-state index contributed by atoms with van der Waals surface area (Å²) in [5.74, 6) is 4.20. The molecule has 0 aromatic heterocycles. The van der Waals surface area contributed by atoms with E-state index in [9.17, 15) is 10.2 Å². The Morgan fingerprint density at radius 1 is 1.04 bits per heavy atom. The zero-order chi connectivity index (χ0) is 19.5. The van der Waals surface area contributed by atoms with Crippen molar-refractivity contribution >= 4 is 0 Å². The highest BCUT2D eigenvalue weighted by atomic mass is 16.3. The predicted molar refractivity (Wildman–Crippen MR) is 114 cm³/mol. The van der Waals surface area contributed by atoms with Gasteiger partial charge < -0.3 is 10.2 Å². The first-order valence-corrected chi connectivity index (χ1v) is 12.5. The van der Waals surface area contributed by atoms with Gasteiger partial charge in [-0.25, -0.2) is 0 Å². The Balaban J connectivity index is 1.29. The molecule has 7 unspecified atom stereocenters. The first kappa shape index (κ1) is 19.6. The summed E-state index contributed by atoms with van der Waals surface area (Å²) >= 11 is 0. The van der Waals surface area contributed by atoms with Crippen LogP contribution in [0.15, 0.2) is 11.6 Å². The molecule has 0 amide bonds. The first-order valence-electron chi connectivity index (χ1n) is 12.5. The van der Waals surface area contributed by atoms with Gasteiger partial charge in [-0.05, 0) is 111 Å². The van der Waals surface area contributed by atoms with Crippen LogP contribution in [0.5, 0.6) is 0 Å². The van der Waals surface area contributed by atoms with Crippen LogP contribution in [0.25, 0.3) is 0 Å². The molecule has 2 N–H and O–H groups in total. The largest absolute Gasteiger partial charge is 0.393 e. The van der Waals surface area contributed by atoms with E-state index in [2.05, 4.69) is 19.9 Å². The summed E-state index contributed by atoms with van der Waals surface area (Å²) in [7, 11) is 0. The van der Waals surface area contributed by atoms with Crippen molar-refractivity contribution in [3.8, 4) is 0 Å². The maximum Gasteiger partial charge on any atom is 0.0577 e. The third-order valence-corrected chi connectivity index (χ3v) is 10.4. The van der Waals surface area contributed by atoms with E-state index in [0.717, 1.165) is 55.3 Å². The lowest BCUT2D eigenvalue weighted by molar-refractivity contribution is -0.0556. The Hall–Kier alpha value is -0.340. The fourth-order valence-corrected chi connectivity index (χ4v) is 8.42.